The van der Waals surface area contributed by atoms with Crippen molar-refractivity contribution in [3.05, 3.63) is 171 Å². The van der Waals surface area contributed by atoms with E-state index in [0.29, 0.717) is 29.9 Å². The number of thiophene rings is 1. The van der Waals surface area contributed by atoms with Crippen LogP contribution in [-0.4, -0.2) is 67.5 Å². The second kappa shape index (κ2) is 17.1. The molecule has 1 aliphatic carbocycles. The number of aromatic hydroxyl groups is 1. The van der Waals surface area contributed by atoms with Gasteiger partial charge in [0.2, 0.25) is 0 Å². The number of phenolic OH excluding ortho intramolecular Hbond substituents is 1. The fourth-order valence-electron chi connectivity index (χ4n) is 11.4. The first-order valence-electron chi connectivity index (χ1n) is 23.5. The van der Waals surface area contributed by atoms with Crippen molar-refractivity contribution in [3.63, 3.8) is 0 Å². The van der Waals surface area contributed by atoms with Gasteiger partial charge in [0.25, 0.3) is 0 Å². The van der Waals surface area contributed by atoms with Crippen LogP contribution in [0.1, 0.15) is 118 Å². The van der Waals surface area contributed by atoms with E-state index < -0.39 is 5.60 Å². The molecule has 0 radical (unpaired) electrons. The molecule has 65 heavy (non-hydrogen) atoms. The Morgan fingerprint density at radius 1 is 0.800 bits per heavy atom. The number of piperidine rings is 2. The van der Waals surface area contributed by atoms with Gasteiger partial charge in [-0.3, -0.25) is 9.56 Å². The number of benzene rings is 4. The zero-order valence-electron chi connectivity index (χ0n) is 37.5. The Labute approximate surface area is 385 Å². The molecule has 10 nitrogen and oxygen atoms in total. The lowest BCUT2D eigenvalue weighted by Crippen LogP contribution is -2.46. The lowest BCUT2D eigenvalue weighted by atomic mass is 9.69. The maximum Gasteiger partial charge on any atom is 0.196 e. The highest BCUT2D eigenvalue weighted by atomic mass is 32.1. The molecule has 332 valence electrons. The number of aliphatic imine (C=N–C) groups is 1. The average molecular weight is 884 g/mol. The summed E-state index contributed by atoms with van der Waals surface area (Å²) in [6.07, 6.45) is 10.4. The number of phenols is 1. The first-order valence-corrected chi connectivity index (χ1v) is 24.3. The van der Waals surface area contributed by atoms with Gasteiger partial charge in [0.05, 0.1) is 23.9 Å². The van der Waals surface area contributed by atoms with E-state index in [-0.39, 0.29) is 12.0 Å². The predicted molar refractivity (Wildman–Crippen MR) is 258 cm³/mol. The molecule has 2 N–H and O–H groups in total. The molecule has 0 amide bonds. The summed E-state index contributed by atoms with van der Waals surface area (Å²) in [6.45, 7) is 10.0. The lowest BCUT2D eigenvalue weighted by molar-refractivity contribution is -0.00952. The van der Waals surface area contributed by atoms with Gasteiger partial charge in [0, 0.05) is 59.5 Å². The second-order valence-corrected chi connectivity index (χ2v) is 20.1. The van der Waals surface area contributed by atoms with Crippen LogP contribution < -0.4 is 9.80 Å². The Morgan fingerprint density at radius 2 is 1.52 bits per heavy atom. The molecular formula is C54H57N7O3S. The highest BCUT2D eigenvalue weighted by molar-refractivity contribution is 7.15. The molecule has 6 heterocycles. The Morgan fingerprint density at radius 3 is 2.25 bits per heavy atom. The molecule has 3 aromatic heterocycles. The van der Waals surface area contributed by atoms with E-state index in [1.165, 1.54) is 44.1 Å². The molecule has 3 atom stereocenters. The molecule has 4 aromatic carbocycles. The largest absolute Gasteiger partial charge is 0.508 e. The monoisotopic (exact) mass is 883 g/mol. The summed E-state index contributed by atoms with van der Waals surface area (Å²) in [5, 5.41) is 32.5. The van der Waals surface area contributed by atoms with Gasteiger partial charge in [-0.1, -0.05) is 60.7 Å². The number of nitrogens with zero attached hydrogens (tertiary/aromatic N) is 7. The fourth-order valence-corrected chi connectivity index (χ4v) is 12.6. The number of aliphatic hydroxyl groups is 1. The van der Waals surface area contributed by atoms with Crippen LogP contribution in [0.2, 0.25) is 0 Å². The fraction of sp³-hybridized carbons (Fsp3) is 0.370. The van der Waals surface area contributed by atoms with E-state index in [4.69, 9.17) is 9.41 Å². The minimum atomic E-state index is -0.636. The maximum atomic E-state index is 12.0. The highest BCUT2D eigenvalue weighted by Crippen LogP contribution is 2.48. The average Bonchev–Trinajstić information content (AvgIpc) is 4.04. The molecule has 11 rings (SSSR count). The number of fused-ring (bicyclic) bond motifs is 4. The van der Waals surface area contributed by atoms with Crippen LogP contribution in [0.15, 0.2) is 119 Å². The first kappa shape index (κ1) is 41.7. The van der Waals surface area contributed by atoms with Crippen LogP contribution in [0, 0.1) is 26.7 Å². The van der Waals surface area contributed by atoms with Gasteiger partial charge in [-0.25, -0.2) is 4.98 Å². The van der Waals surface area contributed by atoms with E-state index in [1.807, 2.05) is 19.1 Å². The lowest BCUT2D eigenvalue weighted by Gasteiger charge is -2.43. The van der Waals surface area contributed by atoms with Crippen molar-refractivity contribution in [1.82, 2.24) is 19.7 Å². The highest BCUT2D eigenvalue weighted by Gasteiger charge is 2.37. The van der Waals surface area contributed by atoms with Crippen molar-refractivity contribution < 1.29 is 14.6 Å². The normalized spacial score (nSPS) is 20.7. The molecule has 2 fully saturated rings. The topological polar surface area (TPSA) is 116 Å². The summed E-state index contributed by atoms with van der Waals surface area (Å²) in [5.41, 5.74) is 11.5. The van der Waals surface area contributed by atoms with Gasteiger partial charge in [-0.2, -0.15) is 0 Å². The molecule has 11 heteroatoms. The zero-order valence-corrected chi connectivity index (χ0v) is 38.3. The third kappa shape index (κ3) is 7.96. The van der Waals surface area contributed by atoms with Crippen molar-refractivity contribution in [2.45, 2.75) is 95.6 Å². The molecule has 7 aromatic rings. The number of aryl methyl sites for hydroxylation is 3. The van der Waals surface area contributed by atoms with Gasteiger partial charge < -0.3 is 24.4 Å². The van der Waals surface area contributed by atoms with Crippen molar-refractivity contribution >= 4 is 28.4 Å². The van der Waals surface area contributed by atoms with E-state index >= 15 is 0 Å². The summed E-state index contributed by atoms with van der Waals surface area (Å²) in [4.78, 5) is 16.0. The van der Waals surface area contributed by atoms with E-state index in [1.54, 1.807) is 23.8 Å². The number of hydrogen-bond acceptors (Lipinski definition) is 10. The molecule has 4 aliphatic rings. The zero-order chi connectivity index (χ0) is 44.2. The molecular weight excluding hydrogens is 827 g/mol. The van der Waals surface area contributed by atoms with E-state index in [9.17, 15) is 10.2 Å². The number of anilines is 2. The van der Waals surface area contributed by atoms with Crippen LogP contribution in [0.4, 0.5) is 11.4 Å². The number of oxazole rings is 1. The standard InChI is InChI=1S/C54H57N7O3S/c1-34-35(2)65-53-49(34)51(56-47(32-48-55-25-30-64-48)52-58-57-36(3)61(52)53)40-11-16-43(17-12-40)60-28-23-54(63,24-29-60)33-37-21-26-59(27-22-37)42-14-9-39(10-15-42)50-45(38-7-5-4-6-8-38)19-13-41-31-44(62)18-20-46(41)50/h4-12,14-18,20,25,30-31,37,45,47,50,62-63H,13,19,21-24,26-29,32-33H2,1-3H3/t45-,47+,50+/m1/s1. The Bertz CT molecular complexity index is 2820. The van der Waals surface area contributed by atoms with Crippen molar-refractivity contribution in [2.24, 2.45) is 10.9 Å². The third-order valence-electron chi connectivity index (χ3n) is 15.0. The van der Waals surface area contributed by atoms with E-state index in [0.717, 1.165) is 105 Å². The number of hydrogen-bond donors (Lipinski definition) is 2. The smallest absolute Gasteiger partial charge is 0.196 e. The predicted octanol–water partition coefficient (Wildman–Crippen LogP) is 10.6. The van der Waals surface area contributed by atoms with E-state index in [2.05, 4.69) is 128 Å². The third-order valence-corrected chi connectivity index (χ3v) is 16.2. The van der Waals surface area contributed by atoms with Gasteiger partial charge in [-0.15, -0.1) is 21.5 Å². The van der Waals surface area contributed by atoms with Crippen LogP contribution in [0.5, 0.6) is 5.75 Å². The number of aromatic nitrogens is 4. The van der Waals surface area contributed by atoms with Crippen LogP contribution in [0.3, 0.4) is 0 Å². The maximum absolute atomic E-state index is 12.0. The molecule has 3 aliphatic heterocycles. The number of rotatable bonds is 9. The Hall–Kier alpha value is -6.04. The molecule has 0 spiro atoms. The minimum Gasteiger partial charge on any atom is -0.508 e. The summed E-state index contributed by atoms with van der Waals surface area (Å²) in [6, 6.07) is 34.7. The first-order chi connectivity index (χ1) is 31.7. The SMILES string of the molecule is Cc1sc2c(c1C)C(c1ccc(N3CCC(O)(CC4CCN(c5ccc([C@@H]6c7ccc(O)cc7CC[C@@H]6c6ccccc6)cc5)CC4)CC3)cc1)=N[C@@H](Cc1ncco1)c1nnc(C)n1-2. The summed E-state index contributed by atoms with van der Waals surface area (Å²) in [7, 11) is 0. The van der Waals surface area contributed by atoms with Crippen molar-refractivity contribution in [3.8, 4) is 10.8 Å². The van der Waals surface area contributed by atoms with Crippen molar-refractivity contribution in [2.75, 3.05) is 36.0 Å². The quantitative estimate of drug-likeness (QED) is 0.147. The van der Waals surface area contributed by atoms with Gasteiger partial charge >= 0.3 is 0 Å². The minimum absolute atomic E-state index is 0.248. The van der Waals surface area contributed by atoms with Crippen molar-refractivity contribution in [1.29, 1.82) is 0 Å². The second-order valence-electron chi connectivity index (χ2n) is 18.9. The van der Waals surface area contributed by atoms with Crippen LogP contribution in [-0.2, 0) is 12.8 Å². The van der Waals surface area contributed by atoms with Crippen LogP contribution >= 0.6 is 11.3 Å². The van der Waals surface area contributed by atoms with Gasteiger partial charge in [0.15, 0.2) is 11.7 Å². The van der Waals surface area contributed by atoms with Crippen LogP contribution in [0.25, 0.3) is 5.00 Å². The summed E-state index contributed by atoms with van der Waals surface area (Å²) in [5.74, 6) is 3.77. The Balaban J connectivity index is 0.730. The van der Waals surface area contributed by atoms with Gasteiger partial charge in [0.1, 0.15) is 28.9 Å². The summed E-state index contributed by atoms with van der Waals surface area (Å²) < 4.78 is 7.85. The summed E-state index contributed by atoms with van der Waals surface area (Å²) >= 11 is 1.76. The Kier molecular flexibility index (Phi) is 10.9. The molecule has 2 saturated heterocycles. The van der Waals surface area contributed by atoms with Gasteiger partial charge in [-0.05, 0) is 142 Å². The molecule has 0 unspecified atom stereocenters. The molecule has 0 saturated carbocycles. The molecule has 0 bridgehead atoms.